The van der Waals surface area contributed by atoms with E-state index >= 15 is 0 Å². The van der Waals surface area contributed by atoms with Crippen LogP contribution >= 0.6 is 23.5 Å². The predicted octanol–water partition coefficient (Wildman–Crippen LogP) is 3.19. The molecule has 1 heterocycles. The van der Waals surface area contributed by atoms with Crippen LogP contribution in [-0.4, -0.2) is 0 Å². The third-order valence-corrected chi connectivity index (χ3v) is 3.35. The van der Waals surface area contributed by atoms with Crippen molar-refractivity contribution in [2.24, 2.45) is 0 Å². The molecule has 0 amide bonds. The van der Waals surface area contributed by atoms with Crippen LogP contribution in [0.3, 0.4) is 0 Å². The van der Waals surface area contributed by atoms with Gasteiger partial charge in [0.2, 0.25) is 0 Å². The van der Waals surface area contributed by atoms with E-state index in [1.807, 2.05) is 23.5 Å². The number of thioether (sulfide) groups is 2. The molecule has 0 spiro atoms. The Labute approximate surface area is 58.4 Å². The topological polar surface area (TPSA) is 0 Å². The lowest BCUT2D eigenvalue weighted by Gasteiger charge is -1.93. The van der Waals surface area contributed by atoms with Gasteiger partial charge in [0.15, 0.2) is 0 Å². The molecule has 44 valence electrons. The molecular formula is C6H8S2. The second-order valence-corrected chi connectivity index (χ2v) is 3.89. The van der Waals surface area contributed by atoms with Crippen LogP contribution in [0.25, 0.3) is 0 Å². The SMILES string of the molecule is CC(C)=C1SC=CS1. The fraction of sp³-hybridized carbons (Fsp3) is 0.333. The fourth-order valence-corrected chi connectivity index (χ4v) is 2.16. The van der Waals surface area contributed by atoms with Crippen LogP contribution in [-0.2, 0) is 0 Å². The summed E-state index contributed by atoms with van der Waals surface area (Å²) in [5.74, 6) is 0. The Kier molecular flexibility index (Phi) is 2.08. The van der Waals surface area contributed by atoms with Crippen LogP contribution in [0.2, 0.25) is 0 Å². The van der Waals surface area contributed by atoms with Gasteiger partial charge in [0.25, 0.3) is 0 Å². The first-order chi connectivity index (χ1) is 3.80. The monoisotopic (exact) mass is 144 g/mol. The summed E-state index contributed by atoms with van der Waals surface area (Å²) < 4.78 is 1.44. The molecule has 0 aromatic rings. The molecule has 0 radical (unpaired) electrons. The fourth-order valence-electron chi connectivity index (χ4n) is 0.443. The molecule has 1 aliphatic rings. The van der Waals surface area contributed by atoms with E-state index in [2.05, 4.69) is 24.7 Å². The number of rotatable bonds is 0. The molecule has 0 atom stereocenters. The molecule has 1 rings (SSSR count). The zero-order valence-corrected chi connectivity index (χ0v) is 6.60. The van der Waals surface area contributed by atoms with E-state index in [0.29, 0.717) is 0 Å². The van der Waals surface area contributed by atoms with Crippen molar-refractivity contribution in [3.63, 3.8) is 0 Å². The minimum atomic E-state index is 1.42. The minimum absolute atomic E-state index is 1.42. The third-order valence-electron chi connectivity index (χ3n) is 0.814. The maximum Gasteiger partial charge on any atom is 0.0473 e. The zero-order chi connectivity index (χ0) is 5.98. The van der Waals surface area contributed by atoms with Crippen molar-refractivity contribution in [3.8, 4) is 0 Å². The molecule has 0 N–H and O–H groups in total. The van der Waals surface area contributed by atoms with E-state index in [1.54, 1.807) is 0 Å². The summed E-state index contributed by atoms with van der Waals surface area (Å²) in [5.41, 5.74) is 1.42. The van der Waals surface area contributed by atoms with Crippen LogP contribution < -0.4 is 0 Å². The van der Waals surface area contributed by atoms with E-state index in [0.717, 1.165) is 0 Å². The largest absolute Gasteiger partial charge is 0.0903 e. The molecule has 0 bridgehead atoms. The Morgan fingerprint density at radius 2 is 1.75 bits per heavy atom. The van der Waals surface area contributed by atoms with E-state index in [9.17, 15) is 0 Å². The van der Waals surface area contributed by atoms with Crippen molar-refractivity contribution < 1.29 is 0 Å². The summed E-state index contributed by atoms with van der Waals surface area (Å²) >= 11 is 3.62. The van der Waals surface area contributed by atoms with Gasteiger partial charge < -0.3 is 0 Å². The van der Waals surface area contributed by atoms with Gasteiger partial charge in [-0.15, -0.1) is 0 Å². The quantitative estimate of drug-likeness (QED) is 0.512. The summed E-state index contributed by atoms with van der Waals surface area (Å²) in [6, 6.07) is 0. The molecule has 0 aliphatic carbocycles. The molecule has 0 aromatic carbocycles. The molecule has 0 saturated heterocycles. The van der Waals surface area contributed by atoms with Crippen LogP contribution in [0.5, 0.6) is 0 Å². The molecule has 2 heteroatoms. The molecule has 1 aliphatic heterocycles. The highest BCUT2D eigenvalue weighted by molar-refractivity contribution is 8.27. The highest BCUT2D eigenvalue weighted by atomic mass is 32.2. The number of allylic oxidation sites excluding steroid dienone is 1. The van der Waals surface area contributed by atoms with Crippen LogP contribution in [0.4, 0.5) is 0 Å². The Hall–Kier alpha value is 0.180. The van der Waals surface area contributed by atoms with Crippen LogP contribution in [0.15, 0.2) is 20.6 Å². The van der Waals surface area contributed by atoms with Gasteiger partial charge in [0, 0.05) is 4.24 Å². The highest BCUT2D eigenvalue weighted by Crippen LogP contribution is 2.39. The van der Waals surface area contributed by atoms with Gasteiger partial charge >= 0.3 is 0 Å². The smallest absolute Gasteiger partial charge is 0.0473 e. The van der Waals surface area contributed by atoms with Crippen molar-refractivity contribution in [1.29, 1.82) is 0 Å². The molecule has 8 heavy (non-hydrogen) atoms. The van der Waals surface area contributed by atoms with Gasteiger partial charge in [0.1, 0.15) is 0 Å². The lowest BCUT2D eigenvalue weighted by atomic mass is 10.4. The molecule has 0 unspecified atom stereocenters. The lowest BCUT2D eigenvalue weighted by molar-refractivity contribution is 1.41. The van der Waals surface area contributed by atoms with Gasteiger partial charge in [-0.2, -0.15) is 0 Å². The molecule has 0 nitrogen and oxygen atoms in total. The van der Waals surface area contributed by atoms with Gasteiger partial charge in [-0.3, -0.25) is 0 Å². The molecule has 0 fully saturated rings. The van der Waals surface area contributed by atoms with E-state index < -0.39 is 0 Å². The van der Waals surface area contributed by atoms with E-state index in [4.69, 9.17) is 0 Å². The Balaban J connectivity index is 2.64. The zero-order valence-electron chi connectivity index (χ0n) is 4.97. The maximum atomic E-state index is 2.14. The molecule has 0 saturated carbocycles. The summed E-state index contributed by atoms with van der Waals surface area (Å²) in [4.78, 5) is 0. The van der Waals surface area contributed by atoms with Crippen molar-refractivity contribution in [2.75, 3.05) is 0 Å². The maximum absolute atomic E-state index is 2.14. The van der Waals surface area contributed by atoms with Crippen molar-refractivity contribution in [2.45, 2.75) is 13.8 Å². The van der Waals surface area contributed by atoms with Crippen LogP contribution in [0.1, 0.15) is 13.8 Å². The van der Waals surface area contributed by atoms with E-state index in [-0.39, 0.29) is 0 Å². The number of hydrogen-bond donors (Lipinski definition) is 0. The van der Waals surface area contributed by atoms with Crippen molar-refractivity contribution in [3.05, 3.63) is 20.6 Å². The second kappa shape index (κ2) is 2.65. The summed E-state index contributed by atoms with van der Waals surface area (Å²) in [6.07, 6.45) is 0. The standard InChI is InChI=1S/C6H8S2/c1-5(2)6-7-3-4-8-6/h3-4H,1-2H3. The van der Waals surface area contributed by atoms with Crippen molar-refractivity contribution >= 4 is 23.5 Å². The van der Waals surface area contributed by atoms with Gasteiger partial charge in [-0.25, -0.2) is 0 Å². The Morgan fingerprint density at radius 1 is 1.25 bits per heavy atom. The normalized spacial score (nSPS) is 17.5. The van der Waals surface area contributed by atoms with Gasteiger partial charge in [-0.05, 0) is 24.7 Å². The van der Waals surface area contributed by atoms with Crippen molar-refractivity contribution in [1.82, 2.24) is 0 Å². The van der Waals surface area contributed by atoms with E-state index in [1.165, 1.54) is 9.81 Å². The average molecular weight is 144 g/mol. The van der Waals surface area contributed by atoms with Gasteiger partial charge in [-0.1, -0.05) is 29.1 Å². The predicted molar refractivity (Wildman–Crippen MR) is 42.7 cm³/mol. The van der Waals surface area contributed by atoms with Gasteiger partial charge in [0.05, 0.1) is 0 Å². The first-order valence-electron chi connectivity index (χ1n) is 2.46. The van der Waals surface area contributed by atoms with Crippen LogP contribution in [0, 0.1) is 0 Å². The summed E-state index contributed by atoms with van der Waals surface area (Å²) in [5, 5.41) is 4.24. The minimum Gasteiger partial charge on any atom is -0.0903 e. The summed E-state index contributed by atoms with van der Waals surface area (Å²) in [6.45, 7) is 4.28. The molecule has 0 aromatic heterocycles. The Morgan fingerprint density at radius 3 is 2.00 bits per heavy atom. The second-order valence-electron chi connectivity index (χ2n) is 1.80. The lowest BCUT2D eigenvalue weighted by Crippen LogP contribution is -1.64. The average Bonchev–Trinajstić information content (AvgIpc) is 2.12. The number of hydrogen-bond acceptors (Lipinski definition) is 2. The first kappa shape index (κ1) is 6.30. The third kappa shape index (κ3) is 1.33. The summed E-state index contributed by atoms with van der Waals surface area (Å²) in [7, 11) is 0. The molecular weight excluding hydrogens is 136 g/mol. The first-order valence-corrected chi connectivity index (χ1v) is 4.22. The highest BCUT2D eigenvalue weighted by Gasteiger charge is 2.01. The Bertz CT molecular complexity index is 131.